The topological polar surface area (TPSA) is 65.6 Å². The average molecular weight is 382 g/mol. The largest absolute Gasteiger partial charge is 0.345 e. The number of carbonyl (C=O) groups is 1. The highest BCUT2D eigenvalue weighted by Gasteiger charge is 2.17. The van der Waals surface area contributed by atoms with Crippen LogP contribution in [0.2, 0.25) is 0 Å². The summed E-state index contributed by atoms with van der Waals surface area (Å²) in [6.45, 7) is 12.6. The molecule has 6 nitrogen and oxygen atoms in total. The Bertz CT molecular complexity index is 1000. The van der Waals surface area contributed by atoms with E-state index in [1.807, 2.05) is 44.2 Å². The van der Waals surface area contributed by atoms with Crippen molar-refractivity contribution in [1.82, 2.24) is 24.8 Å². The summed E-state index contributed by atoms with van der Waals surface area (Å²) in [5.41, 5.74) is 6.04. The van der Waals surface area contributed by atoms with E-state index < -0.39 is 0 Å². The third-order valence-corrected chi connectivity index (χ3v) is 5.61. The lowest BCUT2D eigenvalue weighted by atomic mass is 10.1. The van der Waals surface area contributed by atoms with Crippen LogP contribution in [0.5, 0.6) is 0 Å². The van der Waals surface area contributed by atoms with Gasteiger partial charge < -0.3 is 4.57 Å². The van der Waals surface area contributed by atoms with E-state index in [1.165, 1.54) is 22.9 Å². The quantitative estimate of drug-likeness (QED) is 0.353. The number of tetrazole rings is 1. The van der Waals surface area contributed by atoms with Crippen LogP contribution in [0, 0.1) is 27.7 Å². The normalized spacial score (nSPS) is 11.0. The molecule has 0 aliphatic rings. The third-order valence-electron chi connectivity index (χ3n) is 4.69. The maximum atomic E-state index is 12.7. The summed E-state index contributed by atoms with van der Waals surface area (Å²) in [5, 5.41) is 12.5. The second-order valence-corrected chi connectivity index (χ2v) is 7.48. The SMILES string of the molecule is C=CCn1c(C)cc(C(=O)CSc2nnnn2-c2ccc(C)c(C)c2)c1C. The van der Waals surface area contributed by atoms with E-state index in [2.05, 4.69) is 40.5 Å². The van der Waals surface area contributed by atoms with Gasteiger partial charge in [0.05, 0.1) is 11.4 Å². The molecule has 0 aliphatic carbocycles. The molecule has 7 heteroatoms. The Morgan fingerprint density at radius 2 is 1.96 bits per heavy atom. The van der Waals surface area contributed by atoms with Gasteiger partial charge in [0.25, 0.3) is 0 Å². The summed E-state index contributed by atoms with van der Waals surface area (Å²) < 4.78 is 3.76. The number of aryl methyl sites for hydroxylation is 3. The fraction of sp³-hybridized carbons (Fsp3) is 0.300. The lowest BCUT2D eigenvalue weighted by molar-refractivity contribution is 0.102. The number of benzene rings is 1. The molecular weight excluding hydrogens is 358 g/mol. The van der Waals surface area contributed by atoms with Crippen molar-refractivity contribution in [3.63, 3.8) is 0 Å². The standard InChI is InChI=1S/C20H23N5OS/c1-6-9-24-15(4)11-18(16(24)5)19(26)12-27-20-21-22-23-25(20)17-8-7-13(2)14(3)10-17/h6-8,10-11H,1,9,12H2,2-5H3. The van der Waals surface area contributed by atoms with Gasteiger partial charge in [-0.25, -0.2) is 0 Å². The van der Waals surface area contributed by atoms with Crippen LogP contribution in [0.4, 0.5) is 0 Å². The second kappa shape index (κ2) is 7.92. The van der Waals surface area contributed by atoms with E-state index in [-0.39, 0.29) is 11.5 Å². The molecule has 2 heterocycles. The highest BCUT2D eigenvalue weighted by Crippen LogP contribution is 2.23. The number of ketones is 1. The van der Waals surface area contributed by atoms with Crippen LogP contribution in [0.1, 0.15) is 32.9 Å². The van der Waals surface area contributed by atoms with Crippen molar-refractivity contribution in [2.45, 2.75) is 39.4 Å². The van der Waals surface area contributed by atoms with Crippen LogP contribution < -0.4 is 0 Å². The number of hydrogen-bond donors (Lipinski definition) is 0. The minimum atomic E-state index is 0.0676. The Kier molecular flexibility index (Phi) is 5.60. The van der Waals surface area contributed by atoms with Crippen molar-refractivity contribution in [3.8, 4) is 5.69 Å². The van der Waals surface area contributed by atoms with Crippen molar-refractivity contribution in [2.75, 3.05) is 5.75 Å². The first-order valence-corrected chi connectivity index (χ1v) is 9.70. The number of hydrogen-bond acceptors (Lipinski definition) is 5. The van der Waals surface area contributed by atoms with Crippen LogP contribution in [0.3, 0.4) is 0 Å². The predicted molar refractivity (Wildman–Crippen MR) is 108 cm³/mol. The van der Waals surface area contributed by atoms with Gasteiger partial charge in [-0.1, -0.05) is 23.9 Å². The maximum absolute atomic E-state index is 12.7. The predicted octanol–water partition coefficient (Wildman–Crippen LogP) is 3.86. The lowest BCUT2D eigenvalue weighted by Crippen LogP contribution is -2.07. The first kappa shape index (κ1) is 19.1. The van der Waals surface area contributed by atoms with Crippen LogP contribution in [0.15, 0.2) is 42.1 Å². The van der Waals surface area contributed by atoms with Crippen molar-refractivity contribution in [3.05, 3.63) is 65.0 Å². The van der Waals surface area contributed by atoms with Gasteiger partial charge in [-0.3, -0.25) is 4.79 Å². The van der Waals surface area contributed by atoms with Crippen molar-refractivity contribution < 1.29 is 4.79 Å². The number of nitrogens with zero attached hydrogens (tertiary/aromatic N) is 5. The molecule has 140 valence electrons. The zero-order valence-electron chi connectivity index (χ0n) is 16.1. The first-order valence-electron chi connectivity index (χ1n) is 8.72. The molecule has 0 N–H and O–H groups in total. The van der Waals surface area contributed by atoms with E-state index in [9.17, 15) is 4.79 Å². The summed E-state index contributed by atoms with van der Waals surface area (Å²) in [5.74, 6) is 0.349. The van der Waals surface area contributed by atoms with Crippen molar-refractivity contribution in [2.24, 2.45) is 0 Å². The van der Waals surface area contributed by atoms with Crippen molar-refractivity contribution >= 4 is 17.5 Å². The first-order chi connectivity index (χ1) is 12.9. The van der Waals surface area contributed by atoms with Gasteiger partial charge in [0.15, 0.2) is 5.78 Å². The lowest BCUT2D eigenvalue weighted by Gasteiger charge is -2.07. The number of allylic oxidation sites excluding steroid dienone is 1. The zero-order valence-corrected chi connectivity index (χ0v) is 16.9. The summed E-state index contributed by atoms with van der Waals surface area (Å²) in [7, 11) is 0. The highest BCUT2D eigenvalue weighted by atomic mass is 32.2. The van der Waals surface area contributed by atoms with E-state index in [0.29, 0.717) is 11.7 Å². The molecule has 0 bridgehead atoms. The monoisotopic (exact) mass is 381 g/mol. The molecule has 2 aromatic heterocycles. The Labute approximate surface area is 163 Å². The fourth-order valence-corrected chi connectivity index (χ4v) is 3.76. The van der Waals surface area contributed by atoms with Gasteiger partial charge in [-0.2, -0.15) is 4.68 Å². The minimum absolute atomic E-state index is 0.0676. The molecule has 0 saturated heterocycles. The van der Waals surface area contributed by atoms with Crippen LogP contribution in [0.25, 0.3) is 5.69 Å². The molecule has 0 atom stereocenters. The third kappa shape index (κ3) is 3.88. The molecule has 0 fully saturated rings. The number of carbonyl (C=O) groups excluding carboxylic acids is 1. The Morgan fingerprint density at radius 1 is 1.19 bits per heavy atom. The van der Waals surface area contributed by atoms with E-state index in [4.69, 9.17) is 0 Å². The van der Waals surface area contributed by atoms with Crippen molar-refractivity contribution in [1.29, 1.82) is 0 Å². The molecule has 0 amide bonds. The second-order valence-electron chi connectivity index (χ2n) is 6.54. The molecule has 0 aliphatic heterocycles. The molecule has 1 aromatic carbocycles. The van der Waals surface area contributed by atoms with E-state index in [1.54, 1.807) is 4.68 Å². The van der Waals surface area contributed by atoms with Crippen LogP contribution >= 0.6 is 11.8 Å². The van der Waals surface area contributed by atoms with Gasteiger partial charge in [-0.05, 0) is 67.4 Å². The molecular formula is C20H23N5OS. The van der Waals surface area contributed by atoms with Gasteiger partial charge in [0.1, 0.15) is 0 Å². The Morgan fingerprint density at radius 3 is 2.67 bits per heavy atom. The minimum Gasteiger partial charge on any atom is -0.345 e. The fourth-order valence-electron chi connectivity index (χ4n) is 2.99. The average Bonchev–Trinajstić information content (AvgIpc) is 3.22. The smallest absolute Gasteiger partial charge is 0.214 e. The molecule has 0 saturated carbocycles. The summed E-state index contributed by atoms with van der Waals surface area (Å²) in [4.78, 5) is 12.7. The summed E-state index contributed by atoms with van der Waals surface area (Å²) >= 11 is 1.35. The van der Waals surface area contributed by atoms with Gasteiger partial charge in [0, 0.05) is 23.5 Å². The molecule has 27 heavy (non-hydrogen) atoms. The molecule has 0 unspecified atom stereocenters. The van der Waals surface area contributed by atoms with E-state index in [0.717, 1.165) is 22.6 Å². The molecule has 0 radical (unpaired) electrons. The van der Waals surface area contributed by atoms with Gasteiger partial charge >= 0.3 is 0 Å². The number of rotatable bonds is 7. The molecule has 0 spiro atoms. The maximum Gasteiger partial charge on any atom is 0.214 e. The number of Topliss-reactive ketones (excluding diaryl/α,β-unsaturated/α-hetero) is 1. The highest BCUT2D eigenvalue weighted by molar-refractivity contribution is 7.99. The Balaban J connectivity index is 1.77. The molecule has 3 aromatic rings. The van der Waals surface area contributed by atoms with E-state index >= 15 is 0 Å². The molecule has 3 rings (SSSR count). The van der Waals surface area contributed by atoms with Gasteiger partial charge in [0.2, 0.25) is 5.16 Å². The van der Waals surface area contributed by atoms with Crippen LogP contribution in [-0.4, -0.2) is 36.3 Å². The summed E-state index contributed by atoms with van der Waals surface area (Å²) in [6.07, 6.45) is 1.83. The zero-order chi connectivity index (χ0) is 19.6. The Hall–Kier alpha value is -2.67. The van der Waals surface area contributed by atoms with Gasteiger partial charge in [-0.15, -0.1) is 11.7 Å². The van der Waals surface area contributed by atoms with Crippen LogP contribution in [-0.2, 0) is 6.54 Å². The number of aromatic nitrogens is 5. The summed E-state index contributed by atoms with van der Waals surface area (Å²) in [6, 6.07) is 8.00. The number of thioether (sulfide) groups is 1.